The highest BCUT2D eigenvalue weighted by Gasteiger charge is 2.16. The van der Waals surface area contributed by atoms with Crippen LogP contribution >= 0.6 is 11.9 Å². The van der Waals surface area contributed by atoms with Crippen molar-refractivity contribution >= 4 is 45.7 Å². The molecule has 0 unspecified atom stereocenters. The molecule has 0 saturated carbocycles. The van der Waals surface area contributed by atoms with Gasteiger partial charge in [-0.05, 0) is 72.7 Å². The lowest BCUT2D eigenvalue weighted by molar-refractivity contribution is -0.118. The van der Waals surface area contributed by atoms with E-state index >= 15 is 0 Å². The molecule has 0 bridgehead atoms. The Bertz CT molecular complexity index is 1060. The second-order valence-electron chi connectivity index (χ2n) is 6.67. The van der Waals surface area contributed by atoms with E-state index in [1.807, 2.05) is 6.20 Å². The predicted octanol–water partition coefficient (Wildman–Crippen LogP) is 4.57. The lowest BCUT2D eigenvalue weighted by atomic mass is 9.99. The molecule has 4 nitrogen and oxygen atoms in total. The van der Waals surface area contributed by atoms with Crippen LogP contribution < -0.4 is 10.0 Å². The standard InChI is InChI=1S/C21H20FN3OS/c1-13(26)23-8-3-2-4-15-10-16-7-9-24-27-21(16)18-11-14-5-6-17(22)12-19(14)25-20(15)18/h5-7,9-12,24H,2-4,8H2,1H3,(H,23,26). The minimum absolute atomic E-state index is 0.000874. The van der Waals surface area contributed by atoms with Gasteiger partial charge in [-0.1, -0.05) is 0 Å². The molecule has 6 heteroatoms. The summed E-state index contributed by atoms with van der Waals surface area (Å²) in [5.41, 5.74) is 3.93. The Hall–Kier alpha value is -2.60. The van der Waals surface area contributed by atoms with Crippen LogP contribution in [-0.4, -0.2) is 17.4 Å². The van der Waals surface area contributed by atoms with Crippen LogP contribution in [0.2, 0.25) is 0 Å². The Morgan fingerprint density at radius 1 is 1.26 bits per heavy atom. The number of unbranched alkanes of at least 4 members (excludes halogenated alkanes) is 1. The molecule has 27 heavy (non-hydrogen) atoms. The van der Waals surface area contributed by atoms with E-state index in [-0.39, 0.29) is 11.7 Å². The summed E-state index contributed by atoms with van der Waals surface area (Å²) in [7, 11) is 0. The molecule has 4 rings (SSSR count). The van der Waals surface area contributed by atoms with Crippen molar-refractivity contribution in [3.63, 3.8) is 0 Å². The van der Waals surface area contributed by atoms with E-state index in [0.29, 0.717) is 12.1 Å². The molecular weight excluding hydrogens is 361 g/mol. The maximum atomic E-state index is 13.7. The van der Waals surface area contributed by atoms with Crippen LogP contribution in [0.1, 0.15) is 30.9 Å². The number of aryl methyl sites for hydroxylation is 1. The largest absolute Gasteiger partial charge is 0.356 e. The molecule has 0 radical (unpaired) electrons. The highest BCUT2D eigenvalue weighted by molar-refractivity contribution is 7.97. The average Bonchev–Trinajstić information content (AvgIpc) is 2.66. The first-order valence-electron chi connectivity index (χ1n) is 9.01. The highest BCUT2D eigenvalue weighted by atomic mass is 32.2. The lowest BCUT2D eigenvalue weighted by Gasteiger charge is -2.17. The summed E-state index contributed by atoms with van der Waals surface area (Å²) < 4.78 is 16.9. The molecule has 3 aromatic rings. The second-order valence-corrected chi connectivity index (χ2v) is 7.52. The molecule has 2 N–H and O–H groups in total. The normalized spacial score (nSPS) is 12.8. The molecule has 1 aliphatic rings. The number of hydrogen-bond donors (Lipinski definition) is 2. The van der Waals surface area contributed by atoms with Crippen molar-refractivity contribution in [3.05, 3.63) is 53.5 Å². The van der Waals surface area contributed by atoms with Gasteiger partial charge in [-0.25, -0.2) is 9.37 Å². The number of amides is 1. The number of nitrogens with one attached hydrogen (secondary N) is 2. The smallest absolute Gasteiger partial charge is 0.216 e. The van der Waals surface area contributed by atoms with Gasteiger partial charge in [0.2, 0.25) is 5.91 Å². The summed E-state index contributed by atoms with van der Waals surface area (Å²) in [6, 6.07) is 9.02. The summed E-state index contributed by atoms with van der Waals surface area (Å²) in [6.07, 6.45) is 6.73. The molecule has 0 spiro atoms. The van der Waals surface area contributed by atoms with Crippen LogP contribution in [0.4, 0.5) is 4.39 Å². The SMILES string of the molecule is CC(=O)NCCCCc1cc2c(c3cc4ccc(F)cc4nc13)SNC=C2. The highest BCUT2D eigenvalue weighted by Crippen LogP contribution is 2.36. The summed E-state index contributed by atoms with van der Waals surface area (Å²) in [6.45, 7) is 2.21. The van der Waals surface area contributed by atoms with Crippen LogP contribution in [0.3, 0.4) is 0 Å². The topological polar surface area (TPSA) is 54.0 Å². The van der Waals surface area contributed by atoms with Crippen molar-refractivity contribution < 1.29 is 9.18 Å². The molecule has 0 fully saturated rings. The van der Waals surface area contributed by atoms with Gasteiger partial charge in [-0.3, -0.25) is 4.79 Å². The van der Waals surface area contributed by atoms with E-state index in [9.17, 15) is 9.18 Å². The van der Waals surface area contributed by atoms with Gasteiger partial charge >= 0.3 is 0 Å². The molecule has 1 aromatic heterocycles. The molecule has 1 aliphatic heterocycles. The Morgan fingerprint density at radius 3 is 3.00 bits per heavy atom. The Morgan fingerprint density at radius 2 is 2.15 bits per heavy atom. The van der Waals surface area contributed by atoms with Gasteiger partial charge in [0.15, 0.2) is 0 Å². The van der Waals surface area contributed by atoms with E-state index in [1.54, 1.807) is 18.0 Å². The van der Waals surface area contributed by atoms with Crippen LogP contribution in [0.5, 0.6) is 0 Å². The third-order valence-electron chi connectivity index (χ3n) is 4.66. The van der Waals surface area contributed by atoms with Gasteiger partial charge in [0.1, 0.15) is 5.82 Å². The molecule has 1 amide bonds. The predicted molar refractivity (Wildman–Crippen MR) is 109 cm³/mol. The Kier molecular flexibility index (Phi) is 4.99. The van der Waals surface area contributed by atoms with Crippen molar-refractivity contribution in [1.82, 2.24) is 15.0 Å². The molecule has 2 heterocycles. The first-order valence-corrected chi connectivity index (χ1v) is 9.83. The minimum Gasteiger partial charge on any atom is -0.356 e. The zero-order valence-electron chi connectivity index (χ0n) is 15.0. The van der Waals surface area contributed by atoms with Gasteiger partial charge in [-0.15, -0.1) is 0 Å². The van der Waals surface area contributed by atoms with Crippen molar-refractivity contribution in [3.8, 4) is 0 Å². The first-order chi connectivity index (χ1) is 13.1. The number of rotatable bonds is 5. The van der Waals surface area contributed by atoms with Crippen molar-refractivity contribution in [2.75, 3.05) is 6.54 Å². The third-order valence-corrected chi connectivity index (χ3v) is 5.57. The second kappa shape index (κ2) is 7.56. The number of fused-ring (bicyclic) bond motifs is 4. The number of carbonyl (C=O) groups is 1. The molecular formula is C21H20FN3OS. The van der Waals surface area contributed by atoms with Crippen molar-refractivity contribution in [2.24, 2.45) is 0 Å². The van der Waals surface area contributed by atoms with Gasteiger partial charge in [-0.2, -0.15) is 0 Å². The number of carbonyl (C=O) groups excluding carboxylic acids is 1. The molecule has 0 atom stereocenters. The van der Waals surface area contributed by atoms with Crippen LogP contribution in [0.25, 0.3) is 27.9 Å². The number of aromatic nitrogens is 1. The first kappa shape index (κ1) is 17.8. The number of nitrogens with zero attached hydrogens (tertiary/aromatic N) is 1. The van der Waals surface area contributed by atoms with Crippen molar-refractivity contribution in [1.29, 1.82) is 0 Å². The van der Waals surface area contributed by atoms with E-state index in [4.69, 9.17) is 4.98 Å². The Balaban J connectivity index is 1.75. The van der Waals surface area contributed by atoms with Gasteiger partial charge in [0.05, 0.1) is 11.0 Å². The van der Waals surface area contributed by atoms with Crippen LogP contribution in [0, 0.1) is 5.82 Å². The van der Waals surface area contributed by atoms with E-state index in [2.05, 4.69) is 28.2 Å². The fourth-order valence-corrected chi connectivity index (χ4v) is 4.15. The third kappa shape index (κ3) is 3.76. The van der Waals surface area contributed by atoms with Gasteiger partial charge in [0.25, 0.3) is 0 Å². The van der Waals surface area contributed by atoms with Crippen molar-refractivity contribution in [2.45, 2.75) is 31.1 Å². The quantitative estimate of drug-likeness (QED) is 0.386. The van der Waals surface area contributed by atoms with Gasteiger partial charge in [0, 0.05) is 41.4 Å². The van der Waals surface area contributed by atoms with Crippen LogP contribution in [-0.2, 0) is 11.2 Å². The lowest BCUT2D eigenvalue weighted by Crippen LogP contribution is -2.20. The Labute approximate surface area is 161 Å². The molecule has 138 valence electrons. The molecule has 0 saturated heterocycles. The number of pyridine rings is 1. The fraction of sp³-hybridized carbons (Fsp3) is 0.238. The van der Waals surface area contributed by atoms with E-state index in [0.717, 1.165) is 46.0 Å². The maximum Gasteiger partial charge on any atom is 0.216 e. The zero-order chi connectivity index (χ0) is 18.8. The maximum absolute atomic E-state index is 13.7. The zero-order valence-corrected chi connectivity index (χ0v) is 15.8. The van der Waals surface area contributed by atoms with E-state index < -0.39 is 0 Å². The van der Waals surface area contributed by atoms with Crippen LogP contribution in [0.15, 0.2) is 41.4 Å². The number of benzene rings is 2. The monoisotopic (exact) mass is 381 g/mol. The fourth-order valence-electron chi connectivity index (χ4n) is 3.39. The minimum atomic E-state index is -0.275. The van der Waals surface area contributed by atoms with E-state index in [1.165, 1.54) is 24.6 Å². The summed E-state index contributed by atoms with van der Waals surface area (Å²) in [4.78, 5) is 16.9. The summed E-state index contributed by atoms with van der Waals surface area (Å²) >= 11 is 1.58. The number of hydrogen-bond acceptors (Lipinski definition) is 4. The molecule has 2 aromatic carbocycles. The summed E-state index contributed by atoms with van der Waals surface area (Å²) in [5, 5.41) is 4.85. The average molecular weight is 381 g/mol. The molecule has 0 aliphatic carbocycles. The summed E-state index contributed by atoms with van der Waals surface area (Å²) in [5.74, 6) is -0.276. The number of halogens is 1. The van der Waals surface area contributed by atoms with Gasteiger partial charge < -0.3 is 10.0 Å².